The van der Waals surface area contributed by atoms with Gasteiger partial charge in [-0.15, -0.1) is 0 Å². The first-order valence-electron chi connectivity index (χ1n) is 10.9. The second-order valence-corrected chi connectivity index (χ2v) is 10.5. The van der Waals surface area contributed by atoms with E-state index in [1.54, 1.807) is 12.1 Å². The molecule has 186 valence electrons. The molecule has 3 rings (SSSR count). The fourth-order valence-electron chi connectivity index (χ4n) is 3.74. The van der Waals surface area contributed by atoms with E-state index in [9.17, 15) is 22.0 Å². The van der Waals surface area contributed by atoms with Crippen LogP contribution < -0.4 is 10.0 Å². The highest BCUT2D eigenvalue weighted by molar-refractivity contribution is 7.98. The Hall–Kier alpha value is -2.05. The number of sulfonamides is 1. The number of amides is 1. The van der Waals surface area contributed by atoms with Crippen molar-refractivity contribution in [3.8, 4) is 0 Å². The standard InChI is InChI=1S/C23H29F2N3O4S2/c1-33-15-10-20(27-34(30,31)22-5-3-2-4-19(22)25)23(29)26-16-21(28-11-13-32-14-12-28)17-6-8-18(24)9-7-17/h2-9,20-21,27H,10-16H2,1H3,(H,26,29)/t20-,21+/m1/s1. The van der Waals surface area contributed by atoms with Gasteiger partial charge in [0.15, 0.2) is 0 Å². The summed E-state index contributed by atoms with van der Waals surface area (Å²) in [6, 6.07) is 9.81. The summed E-state index contributed by atoms with van der Waals surface area (Å²) in [5.74, 6) is -1.21. The Kier molecular flexibility index (Phi) is 9.84. The summed E-state index contributed by atoms with van der Waals surface area (Å²) in [6.45, 7) is 2.58. The van der Waals surface area contributed by atoms with Gasteiger partial charge in [-0.05, 0) is 48.3 Å². The minimum absolute atomic E-state index is 0.196. The van der Waals surface area contributed by atoms with Crippen LogP contribution >= 0.6 is 11.8 Å². The van der Waals surface area contributed by atoms with Crippen molar-refractivity contribution in [2.24, 2.45) is 0 Å². The number of nitrogens with one attached hydrogen (secondary N) is 2. The minimum Gasteiger partial charge on any atom is -0.379 e. The smallest absolute Gasteiger partial charge is 0.244 e. The summed E-state index contributed by atoms with van der Waals surface area (Å²) in [7, 11) is -4.25. The summed E-state index contributed by atoms with van der Waals surface area (Å²) >= 11 is 1.47. The third-order valence-electron chi connectivity index (χ3n) is 5.56. The molecule has 7 nitrogen and oxygen atoms in total. The Morgan fingerprint density at radius 1 is 1.12 bits per heavy atom. The average molecular weight is 514 g/mol. The lowest BCUT2D eigenvalue weighted by atomic mass is 10.0. The van der Waals surface area contributed by atoms with Gasteiger partial charge in [0.05, 0.1) is 19.3 Å². The van der Waals surface area contributed by atoms with Gasteiger partial charge < -0.3 is 10.1 Å². The monoisotopic (exact) mass is 513 g/mol. The van der Waals surface area contributed by atoms with Crippen molar-refractivity contribution in [1.82, 2.24) is 14.9 Å². The summed E-state index contributed by atoms with van der Waals surface area (Å²) in [5.41, 5.74) is 0.830. The Labute approximate surface area is 203 Å². The molecule has 0 bridgehead atoms. The minimum atomic E-state index is -4.25. The number of halogens is 2. The molecule has 0 unspecified atom stereocenters. The SMILES string of the molecule is CSCC[C@@H](NS(=O)(=O)c1ccccc1F)C(=O)NC[C@@H](c1ccc(F)cc1)N1CCOCC1. The van der Waals surface area contributed by atoms with E-state index in [0.717, 1.165) is 17.7 Å². The molecule has 1 amide bonds. The third-order valence-corrected chi connectivity index (χ3v) is 7.71. The van der Waals surface area contributed by atoms with Gasteiger partial charge in [-0.3, -0.25) is 9.69 Å². The van der Waals surface area contributed by atoms with E-state index >= 15 is 0 Å². The van der Waals surface area contributed by atoms with Gasteiger partial charge in [0.25, 0.3) is 0 Å². The zero-order chi connectivity index (χ0) is 24.6. The average Bonchev–Trinajstić information content (AvgIpc) is 2.83. The normalized spacial score (nSPS) is 16.7. The molecule has 2 atom stereocenters. The third kappa shape index (κ3) is 7.22. The number of thioether (sulfide) groups is 1. The molecule has 0 spiro atoms. The summed E-state index contributed by atoms with van der Waals surface area (Å²) in [5, 5.41) is 2.85. The topological polar surface area (TPSA) is 87.7 Å². The summed E-state index contributed by atoms with van der Waals surface area (Å²) < 4.78 is 60.9. The van der Waals surface area contributed by atoms with Crippen LogP contribution in [0, 0.1) is 11.6 Å². The van der Waals surface area contributed by atoms with Crippen molar-refractivity contribution in [1.29, 1.82) is 0 Å². The van der Waals surface area contributed by atoms with Gasteiger partial charge in [-0.25, -0.2) is 17.2 Å². The molecule has 0 aromatic heterocycles. The highest BCUT2D eigenvalue weighted by Gasteiger charge is 2.29. The fourth-order valence-corrected chi connectivity index (χ4v) is 5.53. The van der Waals surface area contributed by atoms with Crippen LogP contribution in [0.25, 0.3) is 0 Å². The summed E-state index contributed by atoms with van der Waals surface area (Å²) in [6.07, 6.45) is 2.09. The molecule has 0 aliphatic carbocycles. The number of ether oxygens (including phenoxy) is 1. The molecule has 11 heteroatoms. The van der Waals surface area contributed by atoms with Crippen molar-refractivity contribution in [2.75, 3.05) is 44.9 Å². The van der Waals surface area contributed by atoms with Gasteiger partial charge in [-0.1, -0.05) is 24.3 Å². The highest BCUT2D eigenvalue weighted by Crippen LogP contribution is 2.22. The molecule has 2 aromatic rings. The molecule has 1 saturated heterocycles. The lowest BCUT2D eigenvalue weighted by molar-refractivity contribution is -0.123. The second kappa shape index (κ2) is 12.6. The lowest BCUT2D eigenvalue weighted by Gasteiger charge is -2.35. The van der Waals surface area contributed by atoms with Crippen LogP contribution in [-0.4, -0.2) is 70.1 Å². The number of nitrogens with zero attached hydrogens (tertiary/aromatic N) is 1. The molecule has 1 fully saturated rings. The van der Waals surface area contributed by atoms with Gasteiger partial charge >= 0.3 is 0 Å². The first kappa shape index (κ1) is 26.6. The van der Waals surface area contributed by atoms with Crippen LogP contribution in [0.15, 0.2) is 53.4 Å². The Morgan fingerprint density at radius 2 is 1.79 bits per heavy atom. The second-order valence-electron chi connectivity index (χ2n) is 7.85. The van der Waals surface area contributed by atoms with Gasteiger partial charge in [0.2, 0.25) is 15.9 Å². The van der Waals surface area contributed by atoms with E-state index < -0.39 is 32.7 Å². The van der Waals surface area contributed by atoms with Crippen molar-refractivity contribution < 1.29 is 26.7 Å². The molecule has 0 radical (unpaired) electrons. The molecule has 1 heterocycles. The Morgan fingerprint density at radius 3 is 2.44 bits per heavy atom. The zero-order valence-electron chi connectivity index (χ0n) is 18.9. The first-order chi connectivity index (χ1) is 16.3. The maximum atomic E-state index is 14.1. The predicted octanol–water partition coefficient (Wildman–Crippen LogP) is 2.55. The number of rotatable bonds is 11. The number of hydrogen-bond donors (Lipinski definition) is 2. The van der Waals surface area contributed by atoms with Crippen LogP contribution in [0.1, 0.15) is 18.0 Å². The predicted molar refractivity (Wildman–Crippen MR) is 128 cm³/mol. The van der Waals surface area contributed by atoms with Crippen molar-refractivity contribution >= 4 is 27.7 Å². The Balaban J connectivity index is 1.75. The van der Waals surface area contributed by atoms with Gasteiger partial charge in [-0.2, -0.15) is 16.5 Å². The first-order valence-corrected chi connectivity index (χ1v) is 13.8. The largest absolute Gasteiger partial charge is 0.379 e. The Bertz CT molecular complexity index is 1050. The van der Waals surface area contributed by atoms with Crippen LogP contribution in [0.2, 0.25) is 0 Å². The number of benzene rings is 2. The number of hydrogen-bond acceptors (Lipinski definition) is 6. The zero-order valence-corrected chi connectivity index (χ0v) is 20.5. The maximum absolute atomic E-state index is 14.1. The maximum Gasteiger partial charge on any atom is 0.244 e. The van der Waals surface area contributed by atoms with Crippen molar-refractivity contribution in [2.45, 2.75) is 23.4 Å². The highest BCUT2D eigenvalue weighted by atomic mass is 32.2. The van der Waals surface area contributed by atoms with E-state index in [1.165, 1.54) is 36.0 Å². The molecule has 1 aliphatic rings. The van der Waals surface area contributed by atoms with E-state index in [-0.39, 0.29) is 24.8 Å². The molecule has 0 saturated carbocycles. The van der Waals surface area contributed by atoms with Gasteiger partial charge in [0, 0.05) is 19.6 Å². The van der Waals surface area contributed by atoms with E-state index in [0.29, 0.717) is 32.1 Å². The number of carbonyl (C=O) groups is 1. The lowest BCUT2D eigenvalue weighted by Crippen LogP contribution is -2.50. The van der Waals surface area contributed by atoms with Gasteiger partial charge in [0.1, 0.15) is 22.6 Å². The van der Waals surface area contributed by atoms with E-state index in [4.69, 9.17) is 4.74 Å². The fraction of sp³-hybridized carbons (Fsp3) is 0.435. The number of morpholine rings is 1. The molecule has 34 heavy (non-hydrogen) atoms. The van der Waals surface area contributed by atoms with Crippen LogP contribution in [-0.2, 0) is 19.6 Å². The number of carbonyl (C=O) groups excluding carboxylic acids is 1. The van der Waals surface area contributed by atoms with Crippen LogP contribution in [0.4, 0.5) is 8.78 Å². The molecule has 2 aromatic carbocycles. The van der Waals surface area contributed by atoms with Crippen molar-refractivity contribution in [3.05, 3.63) is 65.7 Å². The molecular formula is C23H29F2N3O4S2. The van der Waals surface area contributed by atoms with Crippen LogP contribution in [0.3, 0.4) is 0 Å². The van der Waals surface area contributed by atoms with E-state index in [2.05, 4.69) is 14.9 Å². The molecule has 2 N–H and O–H groups in total. The van der Waals surface area contributed by atoms with E-state index in [1.807, 2.05) is 6.26 Å². The molecular weight excluding hydrogens is 484 g/mol. The quantitative estimate of drug-likeness (QED) is 0.480. The van der Waals surface area contributed by atoms with Crippen molar-refractivity contribution in [3.63, 3.8) is 0 Å². The van der Waals surface area contributed by atoms with Crippen LogP contribution in [0.5, 0.6) is 0 Å². The summed E-state index contributed by atoms with van der Waals surface area (Å²) in [4.78, 5) is 14.7. The molecule has 1 aliphatic heterocycles.